The van der Waals surface area contributed by atoms with Crippen molar-refractivity contribution in [3.63, 3.8) is 0 Å². The van der Waals surface area contributed by atoms with Crippen molar-refractivity contribution in [1.29, 1.82) is 0 Å². The maximum Gasteiger partial charge on any atom is 0.236 e. The Morgan fingerprint density at radius 2 is 2.07 bits per heavy atom. The molecule has 1 N–H and O–H groups in total. The Balaban J connectivity index is 1.70. The van der Waals surface area contributed by atoms with Crippen LogP contribution in [-0.2, 0) is 4.79 Å². The zero-order valence-corrected chi connectivity index (χ0v) is 8.80. The highest BCUT2D eigenvalue weighted by atomic mass is 16.2. The summed E-state index contributed by atoms with van der Waals surface area (Å²) >= 11 is 0. The SMILES string of the molecule is O=C1CCCNN1CCC1CCCC1. The summed E-state index contributed by atoms with van der Waals surface area (Å²) in [5, 5.41) is 1.84. The number of carbonyl (C=O) groups excluding carboxylic acids is 1. The van der Waals surface area contributed by atoms with Crippen molar-refractivity contribution in [2.24, 2.45) is 5.92 Å². The summed E-state index contributed by atoms with van der Waals surface area (Å²) in [6, 6.07) is 0. The normalized spacial score (nSPS) is 24.6. The van der Waals surface area contributed by atoms with Gasteiger partial charge in [0.2, 0.25) is 5.91 Å². The molecule has 2 aliphatic rings. The fraction of sp³-hybridized carbons (Fsp3) is 0.909. The van der Waals surface area contributed by atoms with Gasteiger partial charge in [-0.2, -0.15) is 0 Å². The van der Waals surface area contributed by atoms with E-state index in [0.717, 1.165) is 31.8 Å². The minimum Gasteiger partial charge on any atom is -0.278 e. The van der Waals surface area contributed by atoms with Gasteiger partial charge in [-0.25, -0.2) is 5.43 Å². The number of rotatable bonds is 3. The van der Waals surface area contributed by atoms with Gasteiger partial charge in [0.15, 0.2) is 0 Å². The Morgan fingerprint density at radius 1 is 1.29 bits per heavy atom. The van der Waals surface area contributed by atoms with Crippen molar-refractivity contribution in [1.82, 2.24) is 10.4 Å². The Kier molecular flexibility index (Phi) is 3.40. The van der Waals surface area contributed by atoms with E-state index in [1.54, 1.807) is 0 Å². The van der Waals surface area contributed by atoms with Crippen molar-refractivity contribution in [3.8, 4) is 0 Å². The molecule has 0 aromatic heterocycles. The quantitative estimate of drug-likeness (QED) is 0.745. The summed E-state index contributed by atoms with van der Waals surface area (Å²) in [5.74, 6) is 1.17. The standard InChI is InChI=1S/C11H20N2O/c14-11-6-3-8-12-13(11)9-7-10-4-1-2-5-10/h10,12H,1-9H2. The summed E-state index contributed by atoms with van der Waals surface area (Å²) in [6.07, 6.45) is 8.47. The zero-order valence-electron chi connectivity index (χ0n) is 8.80. The van der Waals surface area contributed by atoms with E-state index in [1.165, 1.54) is 32.1 Å². The maximum atomic E-state index is 11.5. The molecule has 1 saturated heterocycles. The van der Waals surface area contributed by atoms with E-state index in [-0.39, 0.29) is 5.91 Å². The predicted octanol–water partition coefficient (Wildman–Crippen LogP) is 1.69. The molecule has 1 heterocycles. The van der Waals surface area contributed by atoms with Gasteiger partial charge in [-0.1, -0.05) is 25.7 Å². The molecule has 2 rings (SSSR count). The number of hydrogen-bond donors (Lipinski definition) is 1. The fourth-order valence-corrected chi connectivity index (χ4v) is 2.49. The molecule has 80 valence electrons. The first kappa shape index (κ1) is 9.97. The van der Waals surface area contributed by atoms with Gasteiger partial charge in [0, 0.05) is 19.5 Å². The van der Waals surface area contributed by atoms with Crippen LogP contribution >= 0.6 is 0 Å². The number of hydrazine groups is 1. The van der Waals surface area contributed by atoms with Gasteiger partial charge in [0.05, 0.1) is 0 Å². The highest BCUT2D eigenvalue weighted by Crippen LogP contribution is 2.27. The van der Waals surface area contributed by atoms with Crippen molar-refractivity contribution in [3.05, 3.63) is 0 Å². The first-order valence-electron chi connectivity index (χ1n) is 5.90. The molecular formula is C11H20N2O. The van der Waals surface area contributed by atoms with Gasteiger partial charge in [-0.05, 0) is 18.8 Å². The Hall–Kier alpha value is -0.570. The van der Waals surface area contributed by atoms with Crippen molar-refractivity contribution < 1.29 is 4.79 Å². The van der Waals surface area contributed by atoms with Crippen molar-refractivity contribution in [2.75, 3.05) is 13.1 Å². The van der Waals surface area contributed by atoms with E-state index >= 15 is 0 Å². The molecule has 2 fully saturated rings. The van der Waals surface area contributed by atoms with Gasteiger partial charge in [-0.3, -0.25) is 9.80 Å². The van der Waals surface area contributed by atoms with Crippen LogP contribution in [0, 0.1) is 5.92 Å². The summed E-state index contributed by atoms with van der Waals surface area (Å²) in [6.45, 7) is 1.89. The molecule has 1 saturated carbocycles. The molecule has 0 radical (unpaired) electrons. The van der Waals surface area contributed by atoms with Crippen molar-refractivity contribution in [2.45, 2.75) is 44.9 Å². The molecule has 3 heteroatoms. The molecule has 0 aromatic rings. The third-order valence-corrected chi connectivity index (χ3v) is 3.41. The monoisotopic (exact) mass is 196 g/mol. The largest absolute Gasteiger partial charge is 0.278 e. The lowest BCUT2D eigenvalue weighted by Crippen LogP contribution is -2.47. The number of nitrogens with zero attached hydrogens (tertiary/aromatic N) is 1. The maximum absolute atomic E-state index is 11.5. The van der Waals surface area contributed by atoms with E-state index in [2.05, 4.69) is 5.43 Å². The Morgan fingerprint density at radius 3 is 2.79 bits per heavy atom. The predicted molar refractivity (Wildman–Crippen MR) is 55.5 cm³/mol. The van der Waals surface area contributed by atoms with E-state index in [1.807, 2.05) is 5.01 Å². The average molecular weight is 196 g/mol. The third kappa shape index (κ3) is 2.47. The lowest BCUT2D eigenvalue weighted by molar-refractivity contribution is -0.137. The summed E-state index contributed by atoms with van der Waals surface area (Å²) in [7, 11) is 0. The summed E-state index contributed by atoms with van der Waals surface area (Å²) in [4.78, 5) is 11.5. The minimum atomic E-state index is 0.286. The molecule has 0 atom stereocenters. The van der Waals surface area contributed by atoms with E-state index in [4.69, 9.17) is 0 Å². The van der Waals surface area contributed by atoms with Crippen LogP contribution in [0.4, 0.5) is 0 Å². The minimum absolute atomic E-state index is 0.286. The van der Waals surface area contributed by atoms with Gasteiger partial charge in [0.1, 0.15) is 0 Å². The van der Waals surface area contributed by atoms with E-state index in [9.17, 15) is 4.79 Å². The number of nitrogens with one attached hydrogen (secondary N) is 1. The van der Waals surface area contributed by atoms with Gasteiger partial charge in [0.25, 0.3) is 0 Å². The molecule has 0 bridgehead atoms. The van der Waals surface area contributed by atoms with Gasteiger partial charge >= 0.3 is 0 Å². The first-order valence-corrected chi connectivity index (χ1v) is 5.90. The van der Waals surface area contributed by atoms with Crippen LogP contribution < -0.4 is 5.43 Å². The average Bonchev–Trinajstić information content (AvgIpc) is 2.69. The topological polar surface area (TPSA) is 32.3 Å². The van der Waals surface area contributed by atoms with Crippen LogP contribution in [0.25, 0.3) is 0 Å². The zero-order chi connectivity index (χ0) is 9.80. The fourth-order valence-electron chi connectivity index (χ4n) is 2.49. The van der Waals surface area contributed by atoms with Crippen LogP contribution in [0.5, 0.6) is 0 Å². The highest BCUT2D eigenvalue weighted by Gasteiger charge is 2.20. The van der Waals surface area contributed by atoms with Crippen LogP contribution in [0.2, 0.25) is 0 Å². The lowest BCUT2D eigenvalue weighted by Gasteiger charge is -2.28. The van der Waals surface area contributed by atoms with Gasteiger partial charge < -0.3 is 0 Å². The number of hydrogen-bond acceptors (Lipinski definition) is 2. The van der Waals surface area contributed by atoms with E-state index in [0.29, 0.717) is 0 Å². The highest BCUT2D eigenvalue weighted by molar-refractivity contribution is 5.76. The lowest BCUT2D eigenvalue weighted by atomic mass is 10.0. The summed E-state index contributed by atoms with van der Waals surface area (Å²) in [5.41, 5.74) is 3.18. The molecule has 1 aliphatic carbocycles. The molecule has 0 unspecified atom stereocenters. The van der Waals surface area contributed by atoms with Crippen LogP contribution in [0.15, 0.2) is 0 Å². The Bertz CT molecular complexity index is 199. The second-order valence-electron chi connectivity index (χ2n) is 4.50. The molecule has 1 amide bonds. The molecule has 0 aromatic carbocycles. The molecule has 3 nitrogen and oxygen atoms in total. The molecule has 1 aliphatic heterocycles. The van der Waals surface area contributed by atoms with Crippen LogP contribution in [-0.4, -0.2) is 24.0 Å². The molecular weight excluding hydrogens is 176 g/mol. The summed E-state index contributed by atoms with van der Waals surface area (Å²) < 4.78 is 0. The van der Waals surface area contributed by atoms with Gasteiger partial charge in [-0.15, -0.1) is 0 Å². The molecule has 0 spiro atoms. The van der Waals surface area contributed by atoms with Crippen LogP contribution in [0.3, 0.4) is 0 Å². The smallest absolute Gasteiger partial charge is 0.236 e. The third-order valence-electron chi connectivity index (χ3n) is 3.41. The second kappa shape index (κ2) is 4.78. The Labute approximate surface area is 85.8 Å². The number of amides is 1. The number of carbonyl (C=O) groups is 1. The first-order chi connectivity index (χ1) is 6.86. The second-order valence-corrected chi connectivity index (χ2v) is 4.50. The van der Waals surface area contributed by atoms with Crippen molar-refractivity contribution >= 4 is 5.91 Å². The van der Waals surface area contributed by atoms with E-state index < -0.39 is 0 Å². The van der Waals surface area contributed by atoms with Crippen LogP contribution in [0.1, 0.15) is 44.9 Å². The molecule has 14 heavy (non-hydrogen) atoms.